The molecule has 5 unspecified atom stereocenters. The van der Waals surface area contributed by atoms with E-state index in [9.17, 15) is 0 Å². The molecule has 2 heterocycles. The summed E-state index contributed by atoms with van der Waals surface area (Å²) in [6, 6.07) is 0. The maximum absolute atomic E-state index is 5.86. The number of hydrogen-bond acceptors (Lipinski definition) is 4. The Labute approximate surface area is 76.9 Å². The number of ether oxygens (including phenoxy) is 2. The first-order chi connectivity index (χ1) is 6.27. The number of rotatable bonds is 0. The zero-order valence-corrected chi connectivity index (χ0v) is 7.35. The highest BCUT2D eigenvalue weighted by Crippen LogP contribution is 2.50. The summed E-state index contributed by atoms with van der Waals surface area (Å²) in [4.78, 5) is 0. The first kappa shape index (κ1) is 7.64. The third-order valence-corrected chi connectivity index (χ3v) is 3.56. The van der Waals surface area contributed by atoms with Crippen molar-refractivity contribution in [3.8, 4) is 0 Å². The van der Waals surface area contributed by atoms with E-state index in [1.807, 2.05) is 0 Å². The van der Waals surface area contributed by atoms with E-state index < -0.39 is 0 Å². The fourth-order valence-corrected chi connectivity index (χ4v) is 2.92. The van der Waals surface area contributed by atoms with Gasteiger partial charge in [-0.2, -0.15) is 0 Å². The van der Waals surface area contributed by atoms with Crippen molar-refractivity contribution >= 4 is 0 Å². The van der Waals surface area contributed by atoms with E-state index in [0.29, 0.717) is 17.8 Å². The summed E-state index contributed by atoms with van der Waals surface area (Å²) in [6.07, 6.45) is 3.59. The van der Waals surface area contributed by atoms with Crippen LogP contribution >= 0.6 is 0 Å². The Morgan fingerprint density at radius 2 is 2.23 bits per heavy atom. The van der Waals surface area contributed by atoms with Crippen LogP contribution in [0.4, 0.5) is 0 Å². The Balaban J connectivity index is 1.96. The molecular formula is C9H14N2O2. The highest BCUT2D eigenvalue weighted by atomic mass is 16.7. The standard InChI is InChI=1S/C9H14N2O2/c10-6-3-12-9-7-4(6)1-2-5(7)8(11)13-9/h3-5,7-9H,1-2,10-11H2. The summed E-state index contributed by atoms with van der Waals surface area (Å²) in [7, 11) is 0. The lowest BCUT2D eigenvalue weighted by molar-refractivity contribution is -0.129. The van der Waals surface area contributed by atoms with Gasteiger partial charge in [-0.25, -0.2) is 0 Å². The summed E-state index contributed by atoms with van der Waals surface area (Å²) in [5.41, 5.74) is 12.6. The lowest BCUT2D eigenvalue weighted by Gasteiger charge is -2.28. The highest BCUT2D eigenvalue weighted by molar-refractivity contribution is 5.11. The van der Waals surface area contributed by atoms with Gasteiger partial charge in [-0.1, -0.05) is 0 Å². The van der Waals surface area contributed by atoms with Gasteiger partial charge in [0.15, 0.2) is 0 Å². The molecule has 0 amide bonds. The molecule has 3 rings (SSSR count). The third kappa shape index (κ3) is 0.873. The van der Waals surface area contributed by atoms with Crippen LogP contribution in [0, 0.1) is 17.8 Å². The Kier molecular flexibility index (Phi) is 1.41. The Hall–Kier alpha value is -0.740. The Morgan fingerprint density at radius 3 is 3.08 bits per heavy atom. The molecule has 1 saturated carbocycles. The van der Waals surface area contributed by atoms with Gasteiger partial charge in [0.1, 0.15) is 12.5 Å². The van der Waals surface area contributed by atoms with Gasteiger partial charge in [0.25, 0.3) is 0 Å². The van der Waals surface area contributed by atoms with Gasteiger partial charge >= 0.3 is 0 Å². The zero-order valence-electron chi connectivity index (χ0n) is 7.35. The predicted molar refractivity (Wildman–Crippen MR) is 45.9 cm³/mol. The SMILES string of the molecule is NC1=COC2OC(N)C3CCC1C23. The van der Waals surface area contributed by atoms with Crippen LogP contribution in [0.5, 0.6) is 0 Å². The molecule has 4 nitrogen and oxygen atoms in total. The van der Waals surface area contributed by atoms with E-state index in [0.717, 1.165) is 18.5 Å². The largest absolute Gasteiger partial charge is 0.470 e. The summed E-state index contributed by atoms with van der Waals surface area (Å²) < 4.78 is 10.9. The van der Waals surface area contributed by atoms with E-state index in [4.69, 9.17) is 20.9 Å². The molecule has 4 heteroatoms. The third-order valence-electron chi connectivity index (χ3n) is 3.56. The normalized spacial score (nSPS) is 52.7. The van der Waals surface area contributed by atoms with Gasteiger partial charge in [-0.05, 0) is 12.8 Å². The Morgan fingerprint density at radius 1 is 1.38 bits per heavy atom. The second-order valence-corrected chi connectivity index (χ2v) is 4.15. The predicted octanol–water partition coefficient (Wildman–Crippen LogP) is 0.100. The van der Waals surface area contributed by atoms with Crippen molar-refractivity contribution in [1.29, 1.82) is 0 Å². The molecule has 0 aromatic heterocycles. The zero-order chi connectivity index (χ0) is 9.00. The van der Waals surface area contributed by atoms with Crippen LogP contribution in [0.2, 0.25) is 0 Å². The van der Waals surface area contributed by atoms with E-state index in [2.05, 4.69) is 0 Å². The first-order valence-electron chi connectivity index (χ1n) is 4.79. The fraction of sp³-hybridized carbons (Fsp3) is 0.778. The van der Waals surface area contributed by atoms with Crippen molar-refractivity contribution in [2.45, 2.75) is 25.4 Å². The molecule has 0 aromatic carbocycles. The van der Waals surface area contributed by atoms with Gasteiger partial charge in [-0.3, -0.25) is 0 Å². The van der Waals surface area contributed by atoms with E-state index >= 15 is 0 Å². The summed E-state index contributed by atoms with van der Waals surface area (Å²) in [5, 5.41) is 0. The van der Waals surface area contributed by atoms with Gasteiger partial charge in [0.05, 0.1) is 0 Å². The maximum atomic E-state index is 5.86. The molecule has 72 valence electrons. The van der Waals surface area contributed by atoms with Crippen LogP contribution in [-0.2, 0) is 9.47 Å². The van der Waals surface area contributed by atoms with E-state index in [1.165, 1.54) is 0 Å². The number of allylic oxidation sites excluding steroid dienone is 1. The molecular weight excluding hydrogens is 168 g/mol. The smallest absolute Gasteiger partial charge is 0.204 e. The summed E-state index contributed by atoms with van der Waals surface area (Å²) >= 11 is 0. The van der Waals surface area contributed by atoms with Gasteiger partial charge in [0, 0.05) is 23.5 Å². The second-order valence-electron chi connectivity index (χ2n) is 4.15. The minimum atomic E-state index is -0.153. The van der Waals surface area contributed by atoms with Gasteiger partial charge in [0.2, 0.25) is 6.29 Å². The molecule has 0 aromatic rings. The van der Waals surface area contributed by atoms with E-state index in [-0.39, 0.29) is 12.5 Å². The van der Waals surface area contributed by atoms with Crippen molar-refractivity contribution < 1.29 is 9.47 Å². The second kappa shape index (κ2) is 2.39. The quantitative estimate of drug-likeness (QED) is 0.557. The molecule has 0 spiro atoms. The molecule has 13 heavy (non-hydrogen) atoms. The van der Waals surface area contributed by atoms with Crippen molar-refractivity contribution in [3.05, 3.63) is 12.0 Å². The average Bonchev–Trinajstić information content (AvgIpc) is 2.64. The van der Waals surface area contributed by atoms with Crippen LogP contribution in [0.15, 0.2) is 12.0 Å². The topological polar surface area (TPSA) is 70.5 Å². The molecule has 2 aliphatic heterocycles. The average molecular weight is 182 g/mol. The minimum absolute atomic E-state index is 0.139. The molecule has 2 fully saturated rings. The van der Waals surface area contributed by atoms with Crippen LogP contribution in [0.1, 0.15) is 12.8 Å². The lowest BCUT2D eigenvalue weighted by atomic mass is 9.87. The molecule has 1 saturated heterocycles. The van der Waals surface area contributed by atoms with Crippen LogP contribution in [0.25, 0.3) is 0 Å². The summed E-state index contributed by atoms with van der Waals surface area (Å²) in [6.45, 7) is 0. The van der Waals surface area contributed by atoms with Crippen molar-refractivity contribution in [3.63, 3.8) is 0 Å². The minimum Gasteiger partial charge on any atom is -0.470 e. The molecule has 3 aliphatic rings. The highest BCUT2D eigenvalue weighted by Gasteiger charge is 2.53. The maximum Gasteiger partial charge on any atom is 0.204 e. The van der Waals surface area contributed by atoms with Crippen molar-refractivity contribution in [1.82, 2.24) is 0 Å². The van der Waals surface area contributed by atoms with Gasteiger partial charge < -0.3 is 20.9 Å². The van der Waals surface area contributed by atoms with Gasteiger partial charge in [-0.15, -0.1) is 0 Å². The van der Waals surface area contributed by atoms with Crippen molar-refractivity contribution in [2.24, 2.45) is 29.2 Å². The first-order valence-corrected chi connectivity index (χ1v) is 4.79. The monoisotopic (exact) mass is 182 g/mol. The van der Waals surface area contributed by atoms with Crippen LogP contribution in [-0.4, -0.2) is 12.5 Å². The molecule has 1 aliphatic carbocycles. The molecule has 5 atom stereocenters. The van der Waals surface area contributed by atoms with E-state index in [1.54, 1.807) is 6.26 Å². The lowest BCUT2D eigenvalue weighted by Crippen LogP contribution is -2.32. The number of hydrogen-bond donors (Lipinski definition) is 2. The summed E-state index contributed by atoms with van der Waals surface area (Å²) in [5.74, 6) is 1.29. The molecule has 0 radical (unpaired) electrons. The Bertz CT molecular complexity index is 266. The molecule has 0 bridgehead atoms. The number of nitrogens with two attached hydrogens (primary N) is 2. The fourth-order valence-electron chi connectivity index (χ4n) is 2.92. The van der Waals surface area contributed by atoms with Crippen molar-refractivity contribution in [2.75, 3.05) is 0 Å². The van der Waals surface area contributed by atoms with Crippen LogP contribution in [0.3, 0.4) is 0 Å². The van der Waals surface area contributed by atoms with Crippen LogP contribution < -0.4 is 11.5 Å². The molecule has 4 N–H and O–H groups in total.